The molecule has 2 saturated heterocycles. The lowest BCUT2D eigenvalue weighted by Crippen LogP contribution is -2.37. The molecule has 0 aromatic carbocycles. The number of nitrogens with one attached hydrogen (secondary N) is 1. The van der Waals surface area contributed by atoms with Crippen LogP contribution in [0, 0.1) is 5.92 Å². The van der Waals surface area contributed by atoms with Crippen LogP contribution in [0.25, 0.3) is 0 Å². The fourth-order valence-corrected chi connectivity index (χ4v) is 3.64. The number of rotatable bonds is 6. The highest BCUT2D eigenvalue weighted by atomic mass is 15.1. The first-order valence-electron chi connectivity index (χ1n) is 8.34. The third kappa shape index (κ3) is 4.89. The molecule has 0 aliphatic carbocycles. The Hall–Kier alpha value is -0.0800. The topological polar surface area (TPSA) is 15.3 Å². The molecule has 2 aliphatic heterocycles. The van der Waals surface area contributed by atoms with Gasteiger partial charge in [-0.25, -0.2) is 0 Å². The van der Waals surface area contributed by atoms with Gasteiger partial charge in [-0.15, -0.1) is 0 Å². The number of hydrogen-bond acceptors (Lipinski definition) is 2. The fraction of sp³-hybridized carbons (Fsp3) is 1.00. The lowest BCUT2D eigenvalue weighted by molar-refractivity contribution is 0.173. The maximum atomic E-state index is 3.66. The molecule has 0 amide bonds. The molecule has 2 heterocycles. The van der Waals surface area contributed by atoms with Gasteiger partial charge in [0.05, 0.1) is 0 Å². The van der Waals surface area contributed by atoms with Crippen LogP contribution in [0.3, 0.4) is 0 Å². The average Bonchev–Trinajstić information content (AvgIpc) is 2.42. The zero-order valence-electron chi connectivity index (χ0n) is 12.3. The Labute approximate surface area is 114 Å². The van der Waals surface area contributed by atoms with Crippen molar-refractivity contribution >= 4 is 0 Å². The van der Waals surface area contributed by atoms with Gasteiger partial charge < -0.3 is 10.2 Å². The highest BCUT2D eigenvalue weighted by Gasteiger charge is 2.18. The Kier molecular flexibility index (Phi) is 6.50. The van der Waals surface area contributed by atoms with E-state index >= 15 is 0 Å². The van der Waals surface area contributed by atoms with Crippen LogP contribution in [-0.2, 0) is 0 Å². The Morgan fingerprint density at radius 3 is 2.56 bits per heavy atom. The van der Waals surface area contributed by atoms with Crippen molar-refractivity contribution in [3.63, 3.8) is 0 Å². The van der Waals surface area contributed by atoms with E-state index in [2.05, 4.69) is 17.1 Å². The smallest absolute Gasteiger partial charge is 0.00675 e. The second kappa shape index (κ2) is 8.16. The third-order valence-corrected chi connectivity index (χ3v) is 4.84. The number of nitrogens with zero attached hydrogens (tertiary/aromatic N) is 1. The van der Waals surface area contributed by atoms with Crippen LogP contribution in [0.5, 0.6) is 0 Å². The van der Waals surface area contributed by atoms with Gasteiger partial charge in [-0.05, 0) is 70.6 Å². The predicted octanol–water partition coefficient (Wildman–Crippen LogP) is 3.42. The van der Waals surface area contributed by atoms with Crippen LogP contribution in [0.4, 0.5) is 0 Å². The lowest BCUT2D eigenvalue weighted by atomic mass is 9.92. The molecule has 1 N–H and O–H groups in total. The zero-order valence-corrected chi connectivity index (χ0v) is 12.3. The first-order chi connectivity index (χ1) is 8.88. The average molecular weight is 252 g/mol. The second-order valence-electron chi connectivity index (χ2n) is 6.36. The van der Waals surface area contributed by atoms with Gasteiger partial charge in [-0.3, -0.25) is 0 Å². The summed E-state index contributed by atoms with van der Waals surface area (Å²) in [5.74, 6) is 1.03. The molecule has 2 fully saturated rings. The first kappa shape index (κ1) is 14.3. The number of piperidine rings is 2. The van der Waals surface area contributed by atoms with Gasteiger partial charge in [-0.2, -0.15) is 0 Å². The molecule has 0 radical (unpaired) electrons. The molecular weight excluding hydrogens is 220 g/mol. The summed E-state index contributed by atoms with van der Waals surface area (Å²) in [6, 6.07) is 0.830. The predicted molar refractivity (Wildman–Crippen MR) is 78.9 cm³/mol. The highest BCUT2D eigenvalue weighted by Crippen LogP contribution is 2.22. The van der Waals surface area contributed by atoms with Crippen LogP contribution >= 0.6 is 0 Å². The maximum Gasteiger partial charge on any atom is 0.00675 e. The summed E-state index contributed by atoms with van der Waals surface area (Å²) in [5.41, 5.74) is 0. The largest absolute Gasteiger partial charge is 0.314 e. The summed E-state index contributed by atoms with van der Waals surface area (Å²) in [5, 5.41) is 3.66. The van der Waals surface area contributed by atoms with Crippen molar-refractivity contribution in [1.29, 1.82) is 0 Å². The van der Waals surface area contributed by atoms with Gasteiger partial charge >= 0.3 is 0 Å². The van der Waals surface area contributed by atoms with Crippen molar-refractivity contribution in [3.8, 4) is 0 Å². The van der Waals surface area contributed by atoms with Crippen LogP contribution in [0.2, 0.25) is 0 Å². The summed E-state index contributed by atoms with van der Waals surface area (Å²) < 4.78 is 0. The Balaban J connectivity index is 1.52. The zero-order chi connectivity index (χ0) is 12.6. The van der Waals surface area contributed by atoms with Crippen molar-refractivity contribution in [2.24, 2.45) is 5.92 Å². The Morgan fingerprint density at radius 2 is 1.89 bits per heavy atom. The monoisotopic (exact) mass is 252 g/mol. The number of likely N-dealkylation sites (tertiary alicyclic amines) is 1. The van der Waals surface area contributed by atoms with E-state index in [-0.39, 0.29) is 0 Å². The molecule has 1 unspecified atom stereocenters. The van der Waals surface area contributed by atoms with Crippen molar-refractivity contribution in [2.45, 2.75) is 70.8 Å². The molecule has 2 aliphatic rings. The van der Waals surface area contributed by atoms with E-state index in [1.54, 1.807) is 0 Å². The molecule has 0 bridgehead atoms. The minimum atomic E-state index is 0.830. The van der Waals surface area contributed by atoms with E-state index in [1.807, 2.05) is 0 Å². The van der Waals surface area contributed by atoms with Crippen molar-refractivity contribution < 1.29 is 0 Å². The van der Waals surface area contributed by atoms with Crippen LogP contribution < -0.4 is 5.32 Å². The van der Waals surface area contributed by atoms with Crippen molar-refractivity contribution in [3.05, 3.63) is 0 Å². The summed E-state index contributed by atoms with van der Waals surface area (Å²) in [7, 11) is 0. The molecule has 2 heteroatoms. The first-order valence-corrected chi connectivity index (χ1v) is 8.34. The van der Waals surface area contributed by atoms with E-state index in [1.165, 1.54) is 84.0 Å². The minimum absolute atomic E-state index is 0.830. The molecule has 106 valence electrons. The van der Waals surface area contributed by atoms with Gasteiger partial charge in [0, 0.05) is 6.04 Å². The van der Waals surface area contributed by atoms with Gasteiger partial charge in [0.2, 0.25) is 0 Å². The van der Waals surface area contributed by atoms with E-state index in [0.29, 0.717) is 0 Å². The van der Waals surface area contributed by atoms with Crippen molar-refractivity contribution in [2.75, 3.05) is 26.2 Å². The van der Waals surface area contributed by atoms with Crippen molar-refractivity contribution in [1.82, 2.24) is 10.2 Å². The van der Waals surface area contributed by atoms with E-state index in [4.69, 9.17) is 0 Å². The molecule has 0 saturated carbocycles. The Bertz CT molecular complexity index is 203. The third-order valence-electron chi connectivity index (χ3n) is 4.84. The standard InChI is InChI=1S/C16H32N2/c1-2-6-15-9-13-18(14-10-15)12-5-8-16-7-3-4-11-17-16/h15-17H,2-14H2,1H3. The molecule has 2 rings (SSSR count). The van der Waals surface area contributed by atoms with E-state index < -0.39 is 0 Å². The maximum absolute atomic E-state index is 3.66. The Morgan fingerprint density at radius 1 is 1.06 bits per heavy atom. The molecular formula is C16H32N2. The molecule has 2 nitrogen and oxygen atoms in total. The molecule has 0 spiro atoms. The summed E-state index contributed by atoms with van der Waals surface area (Å²) in [6.45, 7) is 7.65. The van der Waals surface area contributed by atoms with Crippen LogP contribution in [0.1, 0.15) is 64.7 Å². The second-order valence-corrected chi connectivity index (χ2v) is 6.36. The van der Waals surface area contributed by atoms with Gasteiger partial charge in [0.15, 0.2) is 0 Å². The number of hydrogen-bond donors (Lipinski definition) is 1. The van der Waals surface area contributed by atoms with E-state index in [0.717, 1.165) is 12.0 Å². The minimum Gasteiger partial charge on any atom is -0.314 e. The summed E-state index contributed by atoms with van der Waals surface area (Å²) >= 11 is 0. The summed E-state index contributed by atoms with van der Waals surface area (Å²) in [4.78, 5) is 2.70. The fourth-order valence-electron chi connectivity index (χ4n) is 3.64. The SMILES string of the molecule is CCCC1CCN(CCCC2CCCCN2)CC1. The lowest BCUT2D eigenvalue weighted by Gasteiger charge is -2.32. The molecule has 18 heavy (non-hydrogen) atoms. The molecule has 1 atom stereocenters. The quantitative estimate of drug-likeness (QED) is 0.779. The highest BCUT2D eigenvalue weighted by molar-refractivity contribution is 4.75. The summed E-state index contributed by atoms with van der Waals surface area (Å²) in [6.07, 6.45) is 12.8. The molecule has 0 aromatic heterocycles. The molecule has 0 aromatic rings. The van der Waals surface area contributed by atoms with Crippen LogP contribution in [-0.4, -0.2) is 37.1 Å². The van der Waals surface area contributed by atoms with Crippen LogP contribution in [0.15, 0.2) is 0 Å². The normalized spacial score (nSPS) is 27.5. The van der Waals surface area contributed by atoms with Gasteiger partial charge in [-0.1, -0.05) is 26.2 Å². The van der Waals surface area contributed by atoms with E-state index in [9.17, 15) is 0 Å². The van der Waals surface area contributed by atoms with Gasteiger partial charge in [0.1, 0.15) is 0 Å². The van der Waals surface area contributed by atoms with Gasteiger partial charge in [0.25, 0.3) is 0 Å².